The first-order valence-corrected chi connectivity index (χ1v) is 9.95. The first kappa shape index (κ1) is 19.6. The van der Waals surface area contributed by atoms with Gasteiger partial charge in [-0.2, -0.15) is 0 Å². The number of rotatable bonds is 6. The Kier molecular flexibility index (Phi) is 5.44. The van der Waals surface area contributed by atoms with Crippen LogP contribution >= 0.6 is 0 Å². The maximum absolute atomic E-state index is 12.8. The van der Waals surface area contributed by atoms with Crippen LogP contribution in [0.25, 0.3) is 0 Å². The van der Waals surface area contributed by atoms with E-state index < -0.39 is 0 Å². The summed E-state index contributed by atoms with van der Waals surface area (Å²) in [5.74, 6) is 0.0169. The van der Waals surface area contributed by atoms with Crippen LogP contribution in [0.3, 0.4) is 0 Å². The second-order valence-corrected chi connectivity index (χ2v) is 7.14. The summed E-state index contributed by atoms with van der Waals surface area (Å²) < 4.78 is 5.61. The van der Waals surface area contributed by atoms with E-state index in [-0.39, 0.29) is 17.5 Å². The highest BCUT2D eigenvalue weighted by molar-refractivity contribution is 6.28. The molecule has 1 N–H and O–H groups in total. The summed E-state index contributed by atoms with van der Waals surface area (Å²) in [7, 11) is 0. The molecule has 5 nitrogen and oxygen atoms in total. The van der Waals surface area contributed by atoms with E-state index in [0.717, 1.165) is 18.6 Å². The summed E-state index contributed by atoms with van der Waals surface area (Å²) in [4.78, 5) is 38.1. The summed E-state index contributed by atoms with van der Waals surface area (Å²) >= 11 is 0. The second kappa shape index (κ2) is 8.33. The van der Waals surface area contributed by atoms with E-state index >= 15 is 0 Å². The maximum Gasteiger partial charge on any atom is 0.255 e. The lowest BCUT2D eigenvalue weighted by Crippen LogP contribution is -2.21. The molecule has 0 radical (unpaired) electrons. The lowest BCUT2D eigenvalue weighted by Gasteiger charge is -2.18. The van der Waals surface area contributed by atoms with Gasteiger partial charge in [-0.05, 0) is 48.9 Å². The number of ether oxygens (including phenoxy) is 1. The Bertz CT molecular complexity index is 1130. The quantitative estimate of drug-likeness (QED) is 0.469. The fraction of sp³-hybridized carbons (Fsp3) is 0.160. The normalized spacial score (nSPS) is 12.2. The minimum atomic E-state index is -0.301. The van der Waals surface area contributed by atoms with E-state index in [0.29, 0.717) is 40.1 Å². The molecular formula is C25H21NO4. The third kappa shape index (κ3) is 3.74. The van der Waals surface area contributed by atoms with Crippen molar-refractivity contribution in [3.05, 3.63) is 94.5 Å². The van der Waals surface area contributed by atoms with Crippen molar-refractivity contribution in [2.75, 3.05) is 11.9 Å². The number of unbranched alkanes of at least 4 members (excludes halogenated alkanes) is 1. The van der Waals surface area contributed by atoms with Crippen molar-refractivity contribution in [1.29, 1.82) is 0 Å². The van der Waals surface area contributed by atoms with Crippen molar-refractivity contribution in [3.63, 3.8) is 0 Å². The van der Waals surface area contributed by atoms with Crippen molar-refractivity contribution >= 4 is 23.2 Å². The van der Waals surface area contributed by atoms with Crippen molar-refractivity contribution in [1.82, 2.24) is 0 Å². The van der Waals surface area contributed by atoms with Crippen molar-refractivity contribution < 1.29 is 19.1 Å². The molecule has 0 saturated carbocycles. The second-order valence-electron chi connectivity index (χ2n) is 7.14. The predicted molar refractivity (Wildman–Crippen MR) is 115 cm³/mol. The summed E-state index contributed by atoms with van der Waals surface area (Å²) in [5.41, 5.74) is 2.39. The molecule has 0 heterocycles. The van der Waals surface area contributed by atoms with E-state index in [9.17, 15) is 14.4 Å². The molecule has 1 amide bonds. The monoisotopic (exact) mass is 399 g/mol. The molecule has 0 fully saturated rings. The molecule has 150 valence electrons. The van der Waals surface area contributed by atoms with E-state index in [2.05, 4.69) is 12.2 Å². The van der Waals surface area contributed by atoms with Crippen LogP contribution in [0.4, 0.5) is 5.69 Å². The number of benzene rings is 3. The zero-order chi connectivity index (χ0) is 21.1. The van der Waals surface area contributed by atoms with Gasteiger partial charge in [0, 0.05) is 33.5 Å². The zero-order valence-electron chi connectivity index (χ0n) is 16.6. The standard InChI is InChI=1S/C25H21NO4/c1-2-3-14-30-18-11-8-16(9-12-18)25(29)26-17-10-13-21-22(15-17)24(28)20-7-5-4-6-19(20)23(21)27/h4-13,15H,2-3,14H2,1H3,(H,26,29). The van der Waals surface area contributed by atoms with Crippen molar-refractivity contribution in [2.45, 2.75) is 19.8 Å². The number of fused-ring (bicyclic) bond motifs is 2. The highest BCUT2D eigenvalue weighted by Crippen LogP contribution is 2.29. The third-order valence-corrected chi connectivity index (χ3v) is 5.07. The number of hydrogen-bond acceptors (Lipinski definition) is 4. The smallest absolute Gasteiger partial charge is 0.255 e. The van der Waals surface area contributed by atoms with Crippen molar-refractivity contribution in [3.8, 4) is 5.75 Å². The van der Waals surface area contributed by atoms with Gasteiger partial charge >= 0.3 is 0 Å². The van der Waals surface area contributed by atoms with Crippen LogP contribution in [-0.2, 0) is 0 Å². The number of carbonyl (C=O) groups excluding carboxylic acids is 3. The molecule has 5 heteroatoms. The van der Waals surface area contributed by atoms with Crippen LogP contribution < -0.4 is 10.1 Å². The molecule has 0 aliphatic heterocycles. The largest absolute Gasteiger partial charge is 0.494 e. The molecule has 0 unspecified atom stereocenters. The van der Waals surface area contributed by atoms with Gasteiger partial charge in [0.05, 0.1) is 6.61 Å². The molecule has 0 aromatic heterocycles. The van der Waals surface area contributed by atoms with E-state index in [1.54, 1.807) is 66.7 Å². The summed E-state index contributed by atoms with van der Waals surface area (Å²) in [5, 5.41) is 2.80. The lowest BCUT2D eigenvalue weighted by molar-refractivity contribution is 0.0979. The Balaban J connectivity index is 1.52. The van der Waals surface area contributed by atoms with Gasteiger partial charge in [0.25, 0.3) is 5.91 Å². The van der Waals surface area contributed by atoms with E-state index in [4.69, 9.17) is 4.74 Å². The van der Waals surface area contributed by atoms with Gasteiger partial charge in [0.15, 0.2) is 11.6 Å². The van der Waals surface area contributed by atoms with Crippen LogP contribution in [0.1, 0.15) is 62.0 Å². The Morgan fingerprint density at radius 1 is 0.833 bits per heavy atom. The minimum Gasteiger partial charge on any atom is -0.494 e. The minimum absolute atomic E-state index is 0.184. The molecule has 1 aliphatic carbocycles. The van der Waals surface area contributed by atoms with Crippen LogP contribution in [0.5, 0.6) is 5.75 Å². The molecular weight excluding hydrogens is 378 g/mol. The number of nitrogens with one attached hydrogen (secondary N) is 1. The average molecular weight is 399 g/mol. The average Bonchev–Trinajstić information content (AvgIpc) is 2.78. The highest BCUT2D eigenvalue weighted by atomic mass is 16.5. The van der Waals surface area contributed by atoms with Gasteiger partial charge in [-0.15, -0.1) is 0 Å². The van der Waals surface area contributed by atoms with E-state index in [1.807, 2.05) is 0 Å². The predicted octanol–water partition coefficient (Wildman–Crippen LogP) is 4.89. The van der Waals surface area contributed by atoms with Gasteiger partial charge in [-0.3, -0.25) is 14.4 Å². The van der Waals surface area contributed by atoms with E-state index in [1.165, 1.54) is 0 Å². The van der Waals surface area contributed by atoms with Gasteiger partial charge < -0.3 is 10.1 Å². The summed E-state index contributed by atoms with van der Waals surface area (Å²) in [6.07, 6.45) is 2.03. The number of ketones is 2. The van der Waals surface area contributed by atoms with Crippen LogP contribution in [-0.4, -0.2) is 24.1 Å². The van der Waals surface area contributed by atoms with Gasteiger partial charge in [-0.1, -0.05) is 37.6 Å². The molecule has 0 saturated heterocycles. The number of amides is 1. The number of carbonyl (C=O) groups is 3. The zero-order valence-corrected chi connectivity index (χ0v) is 16.6. The molecule has 4 rings (SSSR count). The lowest BCUT2D eigenvalue weighted by atomic mass is 9.84. The Hall–Kier alpha value is -3.73. The Labute approximate surface area is 174 Å². The molecule has 30 heavy (non-hydrogen) atoms. The van der Waals surface area contributed by atoms with Crippen LogP contribution in [0.15, 0.2) is 66.7 Å². The third-order valence-electron chi connectivity index (χ3n) is 5.07. The SMILES string of the molecule is CCCCOc1ccc(C(=O)Nc2ccc3c(c2)C(=O)c2ccccc2C3=O)cc1. The van der Waals surface area contributed by atoms with Gasteiger partial charge in [0.1, 0.15) is 5.75 Å². The van der Waals surface area contributed by atoms with Gasteiger partial charge in [-0.25, -0.2) is 0 Å². The van der Waals surface area contributed by atoms with Gasteiger partial charge in [0.2, 0.25) is 0 Å². The molecule has 1 aliphatic rings. The number of anilines is 1. The van der Waals surface area contributed by atoms with Crippen molar-refractivity contribution in [2.24, 2.45) is 0 Å². The van der Waals surface area contributed by atoms with Crippen LogP contribution in [0.2, 0.25) is 0 Å². The fourth-order valence-electron chi connectivity index (χ4n) is 3.42. The summed E-state index contributed by atoms with van der Waals surface area (Å²) in [6.45, 7) is 2.74. The number of hydrogen-bond donors (Lipinski definition) is 1. The highest BCUT2D eigenvalue weighted by Gasteiger charge is 2.29. The first-order chi connectivity index (χ1) is 14.6. The molecule has 0 bridgehead atoms. The molecule has 3 aromatic rings. The topological polar surface area (TPSA) is 72.5 Å². The summed E-state index contributed by atoms with van der Waals surface area (Å²) in [6, 6.07) is 18.5. The molecule has 3 aromatic carbocycles. The fourth-order valence-corrected chi connectivity index (χ4v) is 3.42. The Morgan fingerprint density at radius 2 is 1.47 bits per heavy atom. The Morgan fingerprint density at radius 3 is 2.13 bits per heavy atom. The first-order valence-electron chi connectivity index (χ1n) is 9.95. The maximum atomic E-state index is 12.8. The van der Waals surface area contributed by atoms with Crippen LogP contribution in [0, 0.1) is 0 Å². The molecule has 0 atom stereocenters. The molecule has 0 spiro atoms.